The zero-order valence-electron chi connectivity index (χ0n) is 12.6. The van der Waals surface area contributed by atoms with Crippen LogP contribution >= 0.6 is 0 Å². The van der Waals surface area contributed by atoms with Crippen LogP contribution in [0.5, 0.6) is 0 Å². The Hall–Kier alpha value is 0.870. The average molecular weight is 320 g/mol. The van der Waals surface area contributed by atoms with Gasteiger partial charge in [-0.25, -0.2) is 0 Å². The van der Waals surface area contributed by atoms with E-state index in [0.29, 0.717) is 0 Å². The molecule has 0 amide bonds. The molecule has 0 aromatic heterocycles. The van der Waals surface area contributed by atoms with Crippen molar-refractivity contribution in [1.29, 1.82) is 0 Å². The topological polar surface area (TPSA) is 74.6 Å². The molecule has 0 atom stereocenters. The van der Waals surface area contributed by atoms with Gasteiger partial charge in [-0.15, -0.1) is 0 Å². The summed E-state index contributed by atoms with van der Waals surface area (Å²) in [5.41, 5.74) is 0. The van der Waals surface area contributed by atoms with E-state index in [1.54, 1.807) is 0 Å². The van der Waals surface area contributed by atoms with Gasteiger partial charge in [-0.2, -0.15) is 8.42 Å². The van der Waals surface area contributed by atoms with Gasteiger partial charge in [0.05, 0.1) is 0 Å². The van der Waals surface area contributed by atoms with Crippen LogP contribution in [0.3, 0.4) is 0 Å². The van der Waals surface area contributed by atoms with Crippen molar-refractivity contribution in [2.45, 2.75) is 90.9 Å². The molecule has 20 heavy (non-hydrogen) atoms. The van der Waals surface area contributed by atoms with Gasteiger partial charge in [0, 0.05) is 0 Å². The molecule has 0 aromatic rings. The maximum atomic E-state index is 8.74. The molecule has 0 aliphatic carbocycles. The van der Waals surface area contributed by atoms with E-state index in [1.165, 1.54) is 77.0 Å². The van der Waals surface area contributed by atoms with Gasteiger partial charge in [0.2, 0.25) is 0 Å². The molecule has 0 rings (SSSR count). The van der Waals surface area contributed by atoms with Gasteiger partial charge in [0.15, 0.2) is 0 Å². The van der Waals surface area contributed by atoms with Crippen LogP contribution in [-0.4, -0.2) is 47.1 Å². The Labute approximate surface area is 148 Å². The van der Waals surface area contributed by atoms with E-state index in [1.807, 2.05) is 0 Å². The van der Waals surface area contributed by atoms with Crippen molar-refractivity contribution >= 4 is 40.0 Å². The first kappa shape index (κ1) is 25.8. The SMILES string of the molecule is CCCCCCCCCCCCCC.O=S(=O)(O)O.[NaH]. The van der Waals surface area contributed by atoms with Crippen LogP contribution < -0.4 is 0 Å². The Balaban J connectivity index is -0.000000414. The summed E-state index contributed by atoms with van der Waals surface area (Å²) in [6.45, 7) is 4.57. The number of hydrogen-bond acceptors (Lipinski definition) is 2. The predicted octanol–water partition coefficient (Wildman–Crippen LogP) is 4.41. The zero-order chi connectivity index (χ0) is 15.0. The molecule has 120 valence electrons. The Kier molecular flexibility index (Phi) is 25.6. The predicted molar refractivity (Wildman–Crippen MR) is 88.1 cm³/mol. The normalized spacial score (nSPS) is 10.4. The molecule has 0 aliphatic rings. The van der Waals surface area contributed by atoms with Crippen LogP contribution in [0.25, 0.3) is 0 Å². The average Bonchev–Trinajstić information content (AvgIpc) is 2.29. The Bertz CT molecular complexity index is 236. The van der Waals surface area contributed by atoms with Crippen LogP contribution in [0.2, 0.25) is 0 Å². The van der Waals surface area contributed by atoms with E-state index in [0.717, 1.165) is 0 Å². The summed E-state index contributed by atoms with van der Waals surface area (Å²) >= 11 is 0. The third kappa shape index (κ3) is 42.8. The second kappa shape index (κ2) is 19.9. The van der Waals surface area contributed by atoms with E-state index in [-0.39, 0.29) is 29.6 Å². The maximum absolute atomic E-state index is 8.74. The van der Waals surface area contributed by atoms with Gasteiger partial charge in [-0.1, -0.05) is 90.9 Å². The second-order valence-electron chi connectivity index (χ2n) is 4.98. The molecule has 0 spiro atoms. The van der Waals surface area contributed by atoms with Crippen molar-refractivity contribution in [1.82, 2.24) is 0 Å². The third-order valence-electron chi connectivity index (χ3n) is 2.96. The molecule has 0 unspecified atom stereocenters. The van der Waals surface area contributed by atoms with Gasteiger partial charge in [-0.05, 0) is 0 Å². The van der Waals surface area contributed by atoms with E-state index in [2.05, 4.69) is 13.8 Å². The molecule has 0 aliphatic heterocycles. The fraction of sp³-hybridized carbons (Fsp3) is 1.00. The fourth-order valence-corrected chi connectivity index (χ4v) is 1.91. The summed E-state index contributed by atoms with van der Waals surface area (Å²) in [7, 11) is -4.67. The number of hydrogen-bond donors (Lipinski definition) is 2. The Morgan fingerprint density at radius 1 is 0.600 bits per heavy atom. The molecule has 0 bridgehead atoms. The van der Waals surface area contributed by atoms with Crippen LogP contribution in [0.15, 0.2) is 0 Å². The molecular formula is C14H33NaO4S. The van der Waals surface area contributed by atoms with Crippen LogP contribution in [-0.2, 0) is 10.4 Å². The quantitative estimate of drug-likeness (QED) is 0.336. The first-order chi connectivity index (χ1) is 8.91. The molecule has 0 radical (unpaired) electrons. The first-order valence-corrected chi connectivity index (χ1v) is 9.01. The third-order valence-corrected chi connectivity index (χ3v) is 2.96. The van der Waals surface area contributed by atoms with Crippen molar-refractivity contribution in [3.05, 3.63) is 0 Å². The molecule has 0 saturated heterocycles. The summed E-state index contributed by atoms with van der Waals surface area (Å²) in [5.74, 6) is 0. The van der Waals surface area contributed by atoms with Crippen molar-refractivity contribution in [3.63, 3.8) is 0 Å². The van der Waals surface area contributed by atoms with Crippen LogP contribution in [0, 0.1) is 0 Å². The van der Waals surface area contributed by atoms with Gasteiger partial charge >= 0.3 is 40.0 Å². The molecule has 0 saturated carbocycles. The van der Waals surface area contributed by atoms with E-state index < -0.39 is 10.4 Å². The monoisotopic (exact) mass is 320 g/mol. The summed E-state index contributed by atoms with van der Waals surface area (Å²) in [6.07, 6.45) is 17.4. The van der Waals surface area contributed by atoms with E-state index in [9.17, 15) is 0 Å². The Morgan fingerprint density at radius 2 is 0.750 bits per heavy atom. The molecule has 6 heteroatoms. The van der Waals surface area contributed by atoms with Crippen molar-refractivity contribution in [2.24, 2.45) is 0 Å². The molecule has 2 N–H and O–H groups in total. The van der Waals surface area contributed by atoms with Gasteiger partial charge in [-0.3, -0.25) is 9.11 Å². The Morgan fingerprint density at radius 3 is 0.900 bits per heavy atom. The summed E-state index contributed by atoms with van der Waals surface area (Å²) in [6, 6.07) is 0. The molecular weight excluding hydrogens is 287 g/mol. The zero-order valence-corrected chi connectivity index (χ0v) is 13.4. The number of unbranched alkanes of at least 4 members (excludes halogenated alkanes) is 11. The summed E-state index contributed by atoms with van der Waals surface area (Å²) in [5, 5.41) is 0. The standard InChI is InChI=1S/C14H30.Na.H2O4S.H/c1-3-5-7-9-11-13-14-12-10-8-6-4-2;;1-5(2,3)4;/h3-14H2,1-2H3;;(H2,1,2,3,4);. The summed E-state index contributed by atoms with van der Waals surface area (Å²) in [4.78, 5) is 0. The van der Waals surface area contributed by atoms with Crippen molar-refractivity contribution in [2.75, 3.05) is 0 Å². The molecule has 4 nitrogen and oxygen atoms in total. The number of rotatable bonds is 11. The molecule has 0 heterocycles. The summed E-state index contributed by atoms with van der Waals surface area (Å²) < 4.78 is 31.6. The minimum atomic E-state index is -4.67. The first-order valence-electron chi connectivity index (χ1n) is 7.61. The molecule has 0 fully saturated rings. The van der Waals surface area contributed by atoms with Crippen LogP contribution in [0.1, 0.15) is 90.9 Å². The second-order valence-corrected chi connectivity index (χ2v) is 5.88. The fourth-order valence-electron chi connectivity index (χ4n) is 1.91. The van der Waals surface area contributed by atoms with Crippen molar-refractivity contribution in [3.8, 4) is 0 Å². The van der Waals surface area contributed by atoms with Gasteiger partial charge < -0.3 is 0 Å². The van der Waals surface area contributed by atoms with Crippen LogP contribution in [0.4, 0.5) is 0 Å². The van der Waals surface area contributed by atoms with E-state index in [4.69, 9.17) is 17.5 Å². The van der Waals surface area contributed by atoms with E-state index >= 15 is 0 Å². The van der Waals surface area contributed by atoms with Crippen molar-refractivity contribution < 1.29 is 17.5 Å². The molecule has 0 aromatic carbocycles. The van der Waals surface area contributed by atoms with Gasteiger partial charge in [0.25, 0.3) is 0 Å². The van der Waals surface area contributed by atoms with Gasteiger partial charge in [0.1, 0.15) is 0 Å². The minimum absolute atomic E-state index is 0.